The lowest BCUT2D eigenvalue weighted by molar-refractivity contribution is 0.414. The minimum atomic E-state index is -0.165. The van der Waals surface area contributed by atoms with Gasteiger partial charge in [-0.3, -0.25) is 4.79 Å². The molecular weight excluding hydrogens is 394 g/mol. The fourth-order valence-electron chi connectivity index (χ4n) is 2.74. The molecule has 3 aromatic rings. The van der Waals surface area contributed by atoms with Crippen molar-refractivity contribution in [2.24, 2.45) is 5.10 Å². The fraction of sp³-hybridized carbons (Fsp3) is 0.250. The fourth-order valence-corrected chi connectivity index (χ4v) is 3.10. The van der Waals surface area contributed by atoms with Gasteiger partial charge in [-0.15, -0.1) is 0 Å². The van der Waals surface area contributed by atoms with Crippen molar-refractivity contribution in [2.45, 2.75) is 26.7 Å². The first kappa shape index (κ1) is 18.3. The first-order chi connectivity index (χ1) is 12.5. The Bertz CT molecular complexity index is 1040. The molecule has 5 nitrogen and oxygen atoms in total. The molecule has 2 aromatic carbocycles. The van der Waals surface area contributed by atoms with E-state index in [0.29, 0.717) is 23.1 Å². The van der Waals surface area contributed by atoms with E-state index in [-0.39, 0.29) is 5.56 Å². The second-order valence-corrected chi connectivity index (χ2v) is 6.94. The van der Waals surface area contributed by atoms with Gasteiger partial charge >= 0.3 is 0 Å². The van der Waals surface area contributed by atoms with Gasteiger partial charge in [0.2, 0.25) is 0 Å². The van der Waals surface area contributed by atoms with Gasteiger partial charge in [0.05, 0.1) is 24.2 Å². The zero-order valence-corrected chi connectivity index (χ0v) is 16.6. The number of ether oxygens (including phenoxy) is 1. The van der Waals surface area contributed by atoms with Crippen LogP contribution in [-0.4, -0.2) is 23.0 Å². The predicted octanol–water partition coefficient (Wildman–Crippen LogP) is 4.31. The van der Waals surface area contributed by atoms with E-state index in [1.165, 1.54) is 4.68 Å². The molecule has 1 heterocycles. The molecule has 0 aliphatic carbocycles. The number of methoxy groups -OCH3 is 1. The molecule has 1 aromatic heterocycles. The summed E-state index contributed by atoms with van der Waals surface area (Å²) in [6, 6.07) is 11.3. The van der Waals surface area contributed by atoms with Crippen LogP contribution >= 0.6 is 15.9 Å². The maximum absolute atomic E-state index is 13.0. The highest BCUT2D eigenvalue weighted by Gasteiger charge is 2.10. The Labute approximate surface area is 160 Å². The smallest absolute Gasteiger partial charge is 0.282 e. The normalized spacial score (nSPS) is 11.4. The van der Waals surface area contributed by atoms with Crippen molar-refractivity contribution in [1.82, 2.24) is 9.66 Å². The first-order valence-corrected chi connectivity index (χ1v) is 9.23. The Morgan fingerprint density at radius 2 is 2.08 bits per heavy atom. The number of benzene rings is 2. The highest BCUT2D eigenvalue weighted by atomic mass is 79.9. The number of aromatic nitrogens is 2. The van der Waals surface area contributed by atoms with E-state index < -0.39 is 0 Å². The standard InChI is InChI=1S/C20H20BrN3O2/c1-4-5-19-23-18-9-7-15(21)11-17(18)20(25)24(19)22-12-14-6-8-16(26-3)10-13(14)2/h6-12H,4-5H2,1-3H3. The van der Waals surface area contributed by atoms with Gasteiger partial charge in [-0.05, 0) is 60.9 Å². The highest BCUT2D eigenvalue weighted by Crippen LogP contribution is 2.17. The maximum Gasteiger partial charge on any atom is 0.282 e. The van der Waals surface area contributed by atoms with Crippen LogP contribution in [0.3, 0.4) is 0 Å². The molecule has 6 heteroatoms. The van der Waals surface area contributed by atoms with Gasteiger partial charge in [0.1, 0.15) is 11.6 Å². The SMILES string of the molecule is CCCc1nc2ccc(Br)cc2c(=O)n1N=Cc1ccc(OC)cc1C. The molecule has 0 aliphatic rings. The van der Waals surface area contributed by atoms with Crippen LogP contribution in [0.1, 0.15) is 30.3 Å². The summed E-state index contributed by atoms with van der Waals surface area (Å²) in [6.45, 7) is 4.04. The summed E-state index contributed by atoms with van der Waals surface area (Å²) < 4.78 is 7.47. The summed E-state index contributed by atoms with van der Waals surface area (Å²) in [7, 11) is 1.64. The molecule has 0 atom stereocenters. The Morgan fingerprint density at radius 1 is 1.27 bits per heavy atom. The molecule has 0 amide bonds. The maximum atomic E-state index is 13.0. The molecular formula is C20H20BrN3O2. The molecule has 0 radical (unpaired) electrons. The van der Waals surface area contributed by atoms with Crippen LogP contribution in [0.25, 0.3) is 10.9 Å². The molecule has 26 heavy (non-hydrogen) atoms. The number of hydrogen-bond donors (Lipinski definition) is 0. The Hall–Kier alpha value is -2.47. The summed E-state index contributed by atoms with van der Waals surface area (Å²) in [5, 5.41) is 5.00. The zero-order chi connectivity index (χ0) is 18.7. The molecule has 0 unspecified atom stereocenters. The van der Waals surface area contributed by atoms with Crippen LogP contribution in [0.4, 0.5) is 0 Å². The largest absolute Gasteiger partial charge is 0.497 e. The average molecular weight is 414 g/mol. The summed E-state index contributed by atoms with van der Waals surface area (Å²) in [4.78, 5) is 17.6. The molecule has 0 bridgehead atoms. The van der Waals surface area contributed by atoms with E-state index in [0.717, 1.165) is 27.8 Å². The van der Waals surface area contributed by atoms with Crippen LogP contribution in [-0.2, 0) is 6.42 Å². The van der Waals surface area contributed by atoms with Crippen molar-refractivity contribution in [3.05, 3.63) is 68.2 Å². The zero-order valence-electron chi connectivity index (χ0n) is 15.0. The van der Waals surface area contributed by atoms with Crippen molar-refractivity contribution in [1.29, 1.82) is 0 Å². The molecule has 134 valence electrons. The molecule has 0 aliphatic heterocycles. The van der Waals surface area contributed by atoms with E-state index in [4.69, 9.17) is 4.74 Å². The number of nitrogens with zero attached hydrogens (tertiary/aromatic N) is 3. The molecule has 0 N–H and O–H groups in total. The van der Waals surface area contributed by atoms with Gasteiger partial charge in [-0.1, -0.05) is 22.9 Å². The van der Waals surface area contributed by atoms with Gasteiger partial charge in [-0.2, -0.15) is 9.78 Å². The van der Waals surface area contributed by atoms with Crippen molar-refractivity contribution < 1.29 is 4.74 Å². The second-order valence-electron chi connectivity index (χ2n) is 6.02. The monoisotopic (exact) mass is 413 g/mol. The highest BCUT2D eigenvalue weighted by molar-refractivity contribution is 9.10. The third-order valence-corrected chi connectivity index (χ3v) is 4.63. The van der Waals surface area contributed by atoms with E-state index in [1.54, 1.807) is 19.4 Å². The molecule has 0 saturated heterocycles. The number of rotatable bonds is 5. The quantitative estimate of drug-likeness (QED) is 0.585. The van der Waals surface area contributed by atoms with E-state index in [1.807, 2.05) is 37.3 Å². The molecule has 0 fully saturated rings. The van der Waals surface area contributed by atoms with E-state index in [9.17, 15) is 4.79 Å². The van der Waals surface area contributed by atoms with Gasteiger partial charge in [0.15, 0.2) is 0 Å². The topological polar surface area (TPSA) is 56.5 Å². The van der Waals surface area contributed by atoms with Crippen LogP contribution in [0.5, 0.6) is 5.75 Å². The summed E-state index contributed by atoms with van der Waals surface area (Å²) in [5.41, 5.74) is 2.47. The van der Waals surface area contributed by atoms with Gasteiger partial charge in [0, 0.05) is 10.9 Å². The molecule has 0 spiro atoms. The van der Waals surface area contributed by atoms with Gasteiger partial charge in [-0.25, -0.2) is 4.98 Å². The Morgan fingerprint density at radius 3 is 2.77 bits per heavy atom. The number of aryl methyl sites for hydroxylation is 2. The number of fused-ring (bicyclic) bond motifs is 1. The Kier molecular flexibility index (Phi) is 5.52. The Balaban J connectivity index is 2.12. The lowest BCUT2D eigenvalue weighted by Gasteiger charge is -2.09. The minimum absolute atomic E-state index is 0.165. The van der Waals surface area contributed by atoms with Crippen molar-refractivity contribution in [2.75, 3.05) is 7.11 Å². The third-order valence-electron chi connectivity index (χ3n) is 4.14. The number of halogens is 1. The first-order valence-electron chi connectivity index (χ1n) is 8.43. The lowest BCUT2D eigenvalue weighted by atomic mass is 10.1. The van der Waals surface area contributed by atoms with Crippen molar-refractivity contribution in [3.63, 3.8) is 0 Å². The lowest BCUT2D eigenvalue weighted by Crippen LogP contribution is -2.22. The molecule has 0 saturated carbocycles. The summed E-state index contributed by atoms with van der Waals surface area (Å²) in [5.74, 6) is 1.45. The summed E-state index contributed by atoms with van der Waals surface area (Å²) >= 11 is 3.41. The van der Waals surface area contributed by atoms with Crippen molar-refractivity contribution in [3.8, 4) is 5.75 Å². The minimum Gasteiger partial charge on any atom is -0.497 e. The van der Waals surface area contributed by atoms with Crippen LogP contribution < -0.4 is 10.3 Å². The van der Waals surface area contributed by atoms with Crippen LogP contribution in [0.2, 0.25) is 0 Å². The average Bonchev–Trinajstić information content (AvgIpc) is 2.63. The summed E-state index contributed by atoms with van der Waals surface area (Å²) in [6.07, 6.45) is 3.26. The third kappa shape index (κ3) is 3.70. The number of hydrogen-bond acceptors (Lipinski definition) is 4. The van der Waals surface area contributed by atoms with Crippen LogP contribution in [0.15, 0.2) is 50.8 Å². The van der Waals surface area contributed by atoms with Crippen molar-refractivity contribution >= 4 is 33.0 Å². The van der Waals surface area contributed by atoms with E-state index in [2.05, 4.69) is 32.9 Å². The van der Waals surface area contributed by atoms with Crippen LogP contribution in [0, 0.1) is 6.92 Å². The van der Waals surface area contributed by atoms with Gasteiger partial charge < -0.3 is 4.74 Å². The van der Waals surface area contributed by atoms with Gasteiger partial charge in [0.25, 0.3) is 5.56 Å². The predicted molar refractivity (Wildman–Crippen MR) is 108 cm³/mol. The van der Waals surface area contributed by atoms with E-state index >= 15 is 0 Å². The second kappa shape index (κ2) is 7.83. The molecule has 3 rings (SSSR count).